The zero-order chi connectivity index (χ0) is 12.7. The summed E-state index contributed by atoms with van der Waals surface area (Å²) >= 11 is 0. The van der Waals surface area contributed by atoms with E-state index < -0.39 is 17.9 Å². The van der Waals surface area contributed by atoms with Crippen molar-refractivity contribution in [2.45, 2.75) is 32.2 Å². The monoisotopic (exact) mass is 236 g/mol. The third-order valence-corrected chi connectivity index (χ3v) is 2.35. The zero-order valence-electron chi connectivity index (χ0n) is 9.72. The van der Waals surface area contributed by atoms with Crippen molar-refractivity contribution in [1.29, 1.82) is 0 Å². The quantitative estimate of drug-likeness (QED) is 0.783. The molecule has 2 N–H and O–H groups in total. The van der Waals surface area contributed by atoms with Gasteiger partial charge in [0, 0.05) is 6.20 Å². The van der Waals surface area contributed by atoms with Crippen LogP contribution in [0.25, 0.3) is 0 Å². The van der Waals surface area contributed by atoms with Gasteiger partial charge in [0.05, 0.1) is 0 Å². The molecule has 0 radical (unpaired) electrons. The summed E-state index contributed by atoms with van der Waals surface area (Å²) < 4.78 is 0. The molecule has 1 amide bonds. The van der Waals surface area contributed by atoms with Crippen molar-refractivity contribution in [2.24, 2.45) is 0 Å². The van der Waals surface area contributed by atoms with Crippen LogP contribution in [0.5, 0.6) is 0 Å². The number of rotatable bonds is 6. The van der Waals surface area contributed by atoms with E-state index in [9.17, 15) is 9.59 Å². The molecule has 0 spiro atoms. The highest BCUT2D eigenvalue weighted by molar-refractivity contribution is 5.94. The second kappa shape index (κ2) is 6.62. The van der Waals surface area contributed by atoms with Gasteiger partial charge in [-0.15, -0.1) is 0 Å². The maximum atomic E-state index is 11.7. The van der Waals surface area contributed by atoms with Crippen LogP contribution >= 0.6 is 0 Å². The van der Waals surface area contributed by atoms with Crippen LogP contribution in [0.15, 0.2) is 24.4 Å². The highest BCUT2D eigenvalue weighted by Gasteiger charge is 2.20. The SMILES string of the molecule is CCCC[C@@H](NC(=O)c1ccccn1)C(=O)O. The summed E-state index contributed by atoms with van der Waals surface area (Å²) in [5, 5.41) is 11.4. The van der Waals surface area contributed by atoms with Gasteiger partial charge in [-0.2, -0.15) is 0 Å². The van der Waals surface area contributed by atoms with Crippen LogP contribution in [-0.4, -0.2) is 28.0 Å². The van der Waals surface area contributed by atoms with Crippen LogP contribution in [-0.2, 0) is 4.79 Å². The Kier molecular flexibility index (Phi) is 5.13. The van der Waals surface area contributed by atoms with Gasteiger partial charge in [-0.05, 0) is 18.6 Å². The van der Waals surface area contributed by atoms with Gasteiger partial charge in [0.1, 0.15) is 11.7 Å². The Labute approximate surface area is 99.9 Å². The molecule has 0 aromatic carbocycles. The normalized spacial score (nSPS) is 11.8. The molecule has 5 heteroatoms. The number of carboxylic acids is 1. The molecule has 0 aliphatic carbocycles. The van der Waals surface area contributed by atoms with Gasteiger partial charge < -0.3 is 10.4 Å². The van der Waals surface area contributed by atoms with Crippen molar-refractivity contribution in [1.82, 2.24) is 10.3 Å². The number of aliphatic carboxylic acids is 1. The molecule has 5 nitrogen and oxygen atoms in total. The lowest BCUT2D eigenvalue weighted by Crippen LogP contribution is -2.41. The highest BCUT2D eigenvalue weighted by atomic mass is 16.4. The van der Waals surface area contributed by atoms with Crippen molar-refractivity contribution in [3.05, 3.63) is 30.1 Å². The maximum absolute atomic E-state index is 11.7. The molecule has 1 aromatic heterocycles. The number of carbonyl (C=O) groups is 2. The Hall–Kier alpha value is -1.91. The lowest BCUT2D eigenvalue weighted by atomic mass is 10.1. The summed E-state index contributed by atoms with van der Waals surface area (Å²) in [6, 6.07) is 4.09. The van der Waals surface area contributed by atoms with Gasteiger partial charge in [-0.3, -0.25) is 9.78 Å². The molecule has 17 heavy (non-hydrogen) atoms. The summed E-state index contributed by atoms with van der Waals surface area (Å²) in [5.74, 6) is -1.46. The average Bonchev–Trinajstić information content (AvgIpc) is 2.35. The number of unbranched alkanes of at least 4 members (excludes halogenated alkanes) is 1. The van der Waals surface area contributed by atoms with Gasteiger partial charge in [0.2, 0.25) is 0 Å². The van der Waals surface area contributed by atoms with E-state index in [0.717, 1.165) is 12.8 Å². The van der Waals surface area contributed by atoms with Crippen molar-refractivity contribution in [2.75, 3.05) is 0 Å². The number of pyridine rings is 1. The smallest absolute Gasteiger partial charge is 0.326 e. The Balaban J connectivity index is 2.61. The number of hydrogen-bond donors (Lipinski definition) is 2. The molecule has 1 aromatic rings. The van der Waals surface area contributed by atoms with Crippen LogP contribution in [0.4, 0.5) is 0 Å². The minimum absolute atomic E-state index is 0.232. The number of nitrogens with zero attached hydrogens (tertiary/aromatic N) is 1. The van der Waals surface area contributed by atoms with E-state index in [2.05, 4.69) is 10.3 Å². The largest absolute Gasteiger partial charge is 0.480 e. The van der Waals surface area contributed by atoms with Gasteiger partial charge in [0.25, 0.3) is 5.91 Å². The van der Waals surface area contributed by atoms with E-state index in [1.165, 1.54) is 6.20 Å². The molecule has 0 aliphatic heterocycles. The first-order chi connectivity index (χ1) is 8.15. The summed E-state index contributed by atoms with van der Waals surface area (Å²) in [5.41, 5.74) is 0.232. The number of nitrogens with one attached hydrogen (secondary N) is 1. The van der Waals surface area contributed by atoms with Crippen LogP contribution in [0.2, 0.25) is 0 Å². The minimum Gasteiger partial charge on any atom is -0.480 e. The van der Waals surface area contributed by atoms with Crippen LogP contribution in [0.1, 0.15) is 36.7 Å². The number of aromatic nitrogens is 1. The van der Waals surface area contributed by atoms with Crippen LogP contribution in [0, 0.1) is 0 Å². The first-order valence-corrected chi connectivity index (χ1v) is 5.60. The molecule has 0 aliphatic rings. The average molecular weight is 236 g/mol. The fourth-order valence-corrected chi connectivity index (χ4v) is 1.39. The van der Waals surface area contributed by atoms with Crippen molar-refractivity contribution in [3.63, 3.8) is 0 Å². The number of amides is 1. The topological polar surface area (TPSA) is 79.3 Å². The Bertz CT molecular complexity index is 379. The number of carbonyl (C=O) groups excluding carboxylic acids is 1. The third-order valence-electron chi connectivity index (χ3n) is 2.35. The van der Waals surface area contributed by atoms with Crippen molar-refractivity contribution < 1.29 is 14.7 Å². The minimum atomic E-state index is -1.01. The van der Waals surface area contributed by atoms with Crippen LogP contribution in [0.3, 0.4) is 0 Å². The molecular formula is C12H16N2O3. The Morgan fingerprint density at radius 2 is 2.24 bits per heavy atom. The van der Waals surface area contributed by atoms with Gasteiger partial charge >= 0.3 is 5.97 Å². The molecule has 0 unspecified atom stereocenters. The van der Waals surface area contributed by atoms with E-state index in [-0.39, 0.29) is 5.69 Å². The molecule has 0 saturated heterocycles. The number of carboxylic acid groups (broad SMARTS) is 1. The second-order valence-electron chi connectivity index (χ2n) is 3.72. The van der Waals surface area contributed by atoms with Gasteiger partial charge in [0.15, 0.2) is 0 Å². The molecule has 1 rings (SSSR count). The predicted octanol–water partition coefficient (Wildman–Crippen LogP) is 1.45. The molecule has 92 valence electrons. The lowest BCUT2D eigenvalue weighted by Gasteiger charge is -2.13. The highest BCUT2D eigenvalue weighted by Crippen LogP contribution is 2.02. The summed E-state index contributed by atoms with van der Waals surface area (Å²) in [6.07, 6.45) is 3.59. The van der Waals surface area contributed by atoms with Gasteiger partial charge in [-0.25, -0.2) is 4.79 Å². The molecule has 0 saturated carbocycles. The predicted molar refractivity (Wildman–Crippen MR) is 62.7 cm³/mol. The van der Waals surface area contributed by atoms with Gasteiger partial charge in [-0.1, -0.05) is 25.8 Å². The van der Waals surface area contributed by atoms with Crippen molar-refractivity contribution in [3.8, 4) is 0 Å². The Morgan fingerprint density at radius 1 is 1.47 bits per heavy atom. The van der Waals surface area contributed by atoms with E-state index >= 15 is 0 Å². The fourth-order valence-electron chi connectivity index (χ4n) is 1.39. The second-order valence-corrected chi connectivity index (χ2v) is 3.72. The van der Waals surface area contributed by atoms with E-state index in [1.807, 2.05) is 6.92 Å². The van der Waals surface area contributed by atoms with E-state index in [0.29, 0.717) is 6.42 Å². The van der Waals surface area contributed by atoms with E-state index in [4.69, 9.17) is 5.11 Å². The Morgan fingerprint density at radius 3 is 2.76 bits per heavy atom. The molecule has 1 atom stereocenters. The molecule has 0 fully saturated rings. The third kappa shape index (κ3) is 4.22. The first-order valence-electron chi connectivity index (χ1n) is 5.60. The zero-order valence-corrected chi connectivity index (χ0v) is 9.72. The lowest BCUT2D eigenvalue weighted by molar-refractivity contribution is -0.139. The summed E-state index contributed by atoms with van der Waals surface area (Å²) in [6.45, 7) is 1.97. The standard InChI is InChI=1S/C12H16N2O3/c1-2-3-6-10(12(16)17)14-11(15)9-7-4-5-8-13-9/h4-5,7-8,10H,2-3,6H2,1H3,(H,14,15)(H,16,17)/t10-/m1/s1. The molecule has 0 bridgehead atoms. The summed E-state index contributed by atoms with van der Waals surface area (Å²) in [4.78, 5) is 26.5. The maximum Gasteiger partial charge on any atom is 0.326 e. The molecule has 1 heterocycles. The number of hydrogen-bond acceptors (Lipinski definition) is 3. The van der Waals surface area contributed by atoms with Crippen LogP contribution < -0.4 is 5.32 Å². The fraction of sp³-hybridized carbons (Fsp3) is 0.417. The van der Waals surface area contributed by atoms with Crippen molar-refractivity contribution >= 4 is 11.9 Å². The van der Waals surface area contributed by atoms with E-state index in [1.54, 1.807) is 18.2 Å². The summed E-state index contributed by atoms with van der Waals surface area (Å²) in [7, 11) is 0. The molecular weight excluding hydrogens is 220 g/mol. The first kappa shape index (κ1) is 13.2.